The van der Waals surface area contributed by atoms with Crippen LogP contribution < -0.4 is 5.90 Å². The van der Waals surface area contributed by atoms with Crippen LogP contribution in [0.25, 0.3) is 0 Å². The van der Waals surface area contributed by atoms with Crippen molar-refractivity contribution in [3.8, 4) is 0 Å². The molecule has 4 atom stereocenters. The van der Waals surface area contributed by atoms with Crippen LogP contribution in [0.15, 0.2) is 5.18 Å². The molecule has 12 heavy (non-hydrogen) atoms. The summed E-state index contributed by atoms with van der Waals surface area (Å²) in [5.41, 5.74) is 0. The molecule has 0 aromatic carbocycles. The van der Waals surface area contributed by atoms with Crippen LogP contribution in [0.1, 0.15) is 0 Å². The highest BCUT2D eigenvalue weighted by atomic mass is 16.7. The van der Waals surface area contributed by atoms with Crippen LogP contribution in [-0.2, 0) is 14.3 Å². The summed E-state index contributed by atoms with van der Waals surface area (Å²) in [4.78, 5) is 14.9. The number of hydrogen-bond acceptors (Lipinski definition) is 6. The van der Waals surface area contributed by atoms with E-state index in [2.05, 4.69) is 10.0 Å². The quantitative estimate of drug-likeness (QED) is 0.436. The zero-order chi connectivity index (χ0) is 8.55. The summed E-state index contributed by atoms with van der Waals surface area (Å²) in [5, 5.41) is 2.90. The number of rotatable bonds is 2. The third kappa shape index (κ3) is 1.04. The lowest BCUT2D eigenvalue weighted by Gasteiger charge is -2.12. The molecule has 2 rings (SSSR count). The summed E-state index contributed by atoms with van der Waals surface area (Å²) < 4.78 is 10.5. The number of nitrogens with two attached hydrogens (primary N) is 1. The van der Waals surface area contributed by atoms with E-state index in [-0.39, 0.29) is 18.3 Å². The maximum atomic E-state index is 10.3. The van der Waals surface area contributed by atoms with E-state index < -0.39 is 6.04 Å². The van der Waals surface area contributed by atoms with Gasteiger partial charge in [-0.1, -0.05) is 5.18 Å². The molecule has 0 aliphatic carbocycles. The summed E-state index contributed by atoms with van der Waals surface area (Å²) in [6, 6.07) is -0.407. The maximum Gasteiger partial charge on any atom is 0.144 e. The highest BCUT2D eigenvalue weighted by Gasteiger charge is 2.49. The van der Waals surface area contributed by atoms with Gasteiger partial charge in [-0.05, 0) is 0 Å². The van der Waals surface area contributed by atoms with Gasteiger partial charge >= 0.3 is 0 Å². The van der Waals surface area contributed by atoms with Crippen LogP contribution in [0.4, 0.5) is 0 Å². The van der Waals surface area contributed by atoms with E-state index >= 15 is 0 Å². The van der Waals surface area contributed by atoms with Crippen molar-refractivity contribution in [1.82, 2.24) is 0 Å². The summed E-state index contributed by atoms with van der Waals surface area (Å²) in [6.07, 6.45) is -0.754. The van der Waals surface area contributed by atoms with E-state index in [1.165, 1.54) is 0 Å². The minimum absolute atomic E-state index is 0.224. The second-order valence-corrected chi connectivity index (χ2v) is 2.94. The van der Waals surface area contributed by atoms with E-state index in [1.807, 2.05) is 0 Å². The van der Waals surface area contributed by atoms with Crippen molar-refractivity contribution in [3.05, 3.63) is 4.91 Å². The van der Waals surface area contributed by atoms with Gasteiger partial charge in [0.05, 0.1) is 13.2 Å². The van der Waals surface area contributed by atoms with Crippen molar-refractivity contribution >= 4 is 0 Å². The van der Waals surface area contributed by atoms with Gasteiger partial charge < -0.3 is 9.47 Å². The smallest absolute Gasteiger partial charge is 0.144 e. The molecule has 6 heteroatoms. The van der Waals surface area contributed by atoms with E-state index in [0.29, 0.717) is 13.2 Å². The van der Waals surface area contributed by atoms with E-state index in [9.17, 15) is 4.91 Å². The lowest BCUT2D eigenvalue weighted by molar-refractivity contribution is -0.0325. The Balaban J connectivity index is 2.05. The fourth-order valence-electron chi connectivity index (χ4n) is 1.65. The predicted octanol–water partition coefficient (Wildman–Crippen LogP) is -0.822. The van der Waals surface area contributed by atoms with Crippen molar-refractivity contribution in [2.45, 2.75) is 24.4 Å². The average Bonchev–Trinajstić information content (AvgIpc) is 2.62. The summed E-state index contributed by atoms with van der Waals surface area (Å²) in [5.74, 6) is 5.01. The zero-order valence-corrected chi connectivity index (χ0v) is 6.38. The molecule has 0 spiro atoms. The minimum Gasteiger partial charge on any atom is -0.370 e. The monoisotopic (exact) mass is 174 g/mol. The van der Waals surface area contributed by atoms with Crippen molar-refractivity contribution in [2.75, 3.05) is 13.2 Å². The van der Waals surface area contributed by atoms with Gasteiger partial charge in [-0.25, -0.2) is 5.90 Å². The van der Waals surface area contributed by atoms with Gasteiger partial charge in [0.15, 0.2) is 0 Å². The Kier molecular flexibility index (Phi) is 2.05. The fourth-order valence-corrected chi connectivity index (χ4v) is 1.65. The zero-order valence-electron chi connectivity index (χ0n) is 6.38. The molecule has 2 N–H and O–H groups in total. The van der Waals surface area contributed by atoms with Crippen LogP contribution in [0, 0.1) is 4.91 Å². The molecular weight excluding hydrogens is 164 g/mol. The highest BCUT2D eigenvalue weighted by molar-refractivity contribution is 4.97. The molecule has 0 radical (unpaired) electrons. The van der Waals surface area contributed by atoms with Crippen molar-refractivity contribution in [2.24, 2.45) is 11.1 Å². The molecular formula is C6H10N2O4. The van der Waals surface area contributed by atoms with Crippen LogP contribution in [-0.4, -0.2) is 37.6 Å². The van der Waals surface area contributed by atoms with Gasteiger partial charge in [-0.3, -0.25) is 4.84 Å². The van der Waals surface area contributed by atoms with Crippen molar-refractivity contribution < 1.29 is 14.3 Å². The molecule has 0 amide bonds. The number of nitroso groups, excluding NO2 is 1. The second kappa shape index (κ2) is 3.06. The molecule has 6 nitrogen and oxygen atoms in total. The van der Waals surface area contributed by atoms with E-state index in [4.69, 9.17) is 15.4 Å². The van der Waals surface area contributed by atoms with Crippen molar-refractivity contribution in [1.29, 1.82) is 0 Å². The molecule has 4 unspecified atom stereocenters. The molecule has 2 aliphatic rings. The number of hydrogen-bond donors (Lipinski definition) is 1. The first-order valence-corrected chi connectivity index (χ1v) is 3.78. The number of ether oxygens (including phenoxy) is 2. The van der Waals surface area contributed by atoms with Gasteiger partial charge in [-0.2, -0.15) is 4.91 Å². The number of nitrogens with zero attached hydrogens (tertiary/aromatic N) is 1. The molecule has 0 bridgehead atoms. The summed E-state index contributed by atoms with van der Waals surface area (Å²) in [7, 11) is 0. The Morgan fingerprint density at radius 2 is 2.08 bits per heavy atom. The molecule has 2 aliphatic heterocycles. The second-order valence-electron chi connectivity index (χ2n) is 2.94. The largest absolute Gasteiger partial charge is 0.370 e. The fraction of sp³-hybridized carbons (Fsp3) is 1.00. The Morgan fingerprint density at radius 3 is 2.75 bits per heavy atom. The Labute approximate surface area is 68.9 Å². The molecule has 68 valence electrons. The molecule has 0 aromatic heterocycles. The SMILES string of the molecule is NOC1COC2C(N=O)COC12. The third-order valence-electron chi connectivity index (χ3n) is 2.29. The van der Waals surface area contributed by atoms with Gasteiger partial charge in [-0.15, -0.1) is 0 Å². The first-order chi connectivity index (χ1) is 5.86. The first-order valence-electron chi connectivity index (χ1n) is 3.78. The van der Waals surface area contributed by atoms with Gasteiger partial charge in [0.25, 0.3) is 0 Å². The summed E-state index contributed by atoms with van der Waals surface area (Å²) in [6.45, 7) is 0.677. The Hall–Kier alpha value is -0.560. The lowest BCUT2D eigenvalue weighted by atomic mass is 10.1. The molecule has 2 heterocycles. The van der Waals surface area contributed by atoms with Gasteiger partial charge in [0.2, 0.25) is 0 Å². The van der Waals surface area contributed by atoms with Crippen molar-refractivity contribution in [3.63, 3.8) is 0 Å². The standard InChI is InChI=1S/C6H10N2O4/c7-12-4-2-11-5-3(8-9)1-10-6(4)5/h3-6H,1-2,7H2. The molecule has 0 saturated carbocycles. The average molecular weight is 174 g/mol. The lowest BCUT2D eigenvalue weighted by Crippen LogP contribution is -2.33. The van der Waals surface area contributed by atoms with Crippen LogP contribution in [0.5, 0.6) is 0 Å². The van der Waals surface area contributed by atoms with Gasteiger partial charge in [0.1, 0.15) is 24.4 Å². The third-order valence-corrected chi connectivity index (χ3v) is 2.29. The number of fused-ring (bicyclic) bond motifs is 1. The van der Waals surface area contributed by atoms with Crippen LogP contribution in [0.2, 0.25) is 0 Å². The van der Waals surface area contributed by atoms with E-state index in [0.717, 1.165) is 0 Å². The molecule has 2 saturated heterocycles. The first kappa shape index (κ1) is 8.06. The van der Waals surface area contributed by atoms with Crippen LogP contribution >= 0.6 is 0 Å². The van der Waals surface area contributed by atoms with E-state index in [1.54, 1.807) is 0 Å². The maximum absolute atomic E-state index is 10.3. The van der Waals surface area contributed by atoms with Gasteiger partial charge in [0, 0.05) is 0 Å². The summed E-state index contributed by atoms with van der Waals surface area (Å²) >= 11 is 0. The topological polar surface area (TPSA) is 83.1 Å². The normalized spacial score (nSPS) is 46.1. The minimum atomic E-state index is -0.407. The molecule has 2 fully saturated rings. The molecule has 0 aromatic rings. The Bertz CT molecular complexity index is 188. The predicted molar refractivity (Wildman–Crippen MR) is 38.1 cm³/mol. The Morgan fingerprint density at radius 1 is 1.33 bits per heavy atom. The highest BCUT2D eigenvalue weighted by Crippen LogP contribution is 2.29. The van der Waals surface area contributed by atoms with Crippen LogP contribution in [0.3, 0.4) is 0 Å².